The minimum atomic E-state index is -2.68. The molecule has 4 aliphatic rings. The Morgan fingerprint density at radius 1 is 0.161 bits per heavy atom. The highest BCUT2D eigenvalue weighted by Crippen LogP contribution is 2.43. The zero-order valence-electron chi connectivity index (χ0n) is 78.8. The molecule has 0 amide bonds. The molecule has 0 aromatic heterocycles. The number of aliphatic hydroxyl groups is 1. The average molecular weight is 2020 g/mol. The second kappa shape index (κ2) is 50.0. The van der Waals surface area contributed by atoms with Crippen molar-refractivity contribution in [2.75, 3.05) is 26.4 Å². The van der Waals surface area contributed by atoms with Crippen molar-refractivity contribution in [3.63, 3.8) is 0 Å². The van der Waals surface area contributed by atoms with Gasteiger partial charge >= 0.3 is 77.6 Å². The zero-order valence-corrected chi connectivity index (χ0v) is 78.8. The van der Waals surface area contributed by atoms with Gasteiger partial charge in [-0.05, 0) is 158 Å². The van der Waals surface area contributed by atoms with Crippen molar-refractivity contribution in [2.24, 2.45) is 0 Å². The number of carbonyl (C=O) groups excluding carboxylic acids is 13. The molecule has 17 rings (SSSR count). The molecule has 0 aliphatic carbocycles. The van der Waals surface area contributed by atoms with Crippen LogP contribution in [0.1, 0.15) is 135 Å². The lowest BCUT2D eigenvalue weighted by Gasteiger charge is -2.51. The Hall–Kier alpha value is -17.4. The van der Waals surface area contributed by atoms with E-state index in [0.29, 0.717) is 0 Å². The van der Waals surface area contributed by atoms with Crippen molar-refractivity contribution >= 4 is 77.6 Å². The third-order valence-corrected chi connectivity index (χ3v) is 24.1. The maximum atomic E-state index is 16.2. The van der Waals surface area contributed by atoms with Gasteiger partial charge in [-0.2, -0.15) is 0 Å². The molecule has 758 valence electrons. The van der Waals surface area contributed by atoms with E-state index in [1.165, 1.54) is 303 Å². The summed E-state index contributed by atoms with van der Waals surface area (Å²) in [6.45, 7) is -4.16. The van der Waals surface area contributed by atoms with Gasteiger partial charge in [-0.15, -0.1) is 0 Å². The molecule has 149 heavy (non-hydrogen) atoms. The topological polar surface area (TPSA) is 427 Å². The van der Waals surface area contributed by atoms with Crippen molar-refractivity contribution < 1.29 is 162 Å². The molecule has 0 unspecified atom stereocenters. The third kappa shape index (κ3) is 26.3. The molecular weight excluding hydrogens is 1930 g/mol. The van der Waals surface area contributed by atoms with Crippen molar-refractivity contribution in [1.29, 1.82) is 0 Å². The lowest BCUT2D eigenvalue weighted by atomic mass is 9.94. The molecule has 34 nitrogen and oxygen atoms in total. The molecule has 1 N–H and O–H groups in total. The van der Waals surface area contributed by atoms with Crippen LogP contribution < -0.4 is 0 Å². The van der Waals surface area contributed by atoms with E-state index in [1.807, 2.05) is 0 Å². The van der Waals surface area contributed by atoms with E-state index in [2.05, 4.69) is 0 Å². The van der Waals surface area contributed by atoms with Gasteiger partial charge in [-0.25, -0.2) is 62.3 Å². The quantitative estimate of drug-likeness (QED) is 0.0281. The second-order valence-electron chi connectivity index (χ2n) is 34.0. The van der Waals surface area contributed by atoms with E-state index >= 15 is 43.2 Å². The summed E-state index contributed by atoms with van der Waals surface area (Å²) < 4.78 is 134. The van der Waals surface area contributed by atoms with E-state index in [1.54, 1.807) is 91.0 Å². The van der Waals surface area contributed by atoms with Crippen LogP contribution in [0.5, 0.6) is 0 Å². The summed E-state index contributed by atoms with van der Waals surface area (Å²) in [5.74, 6) is -15.2. The first-order valence-corrected chi connectivity index (χ1v) is 47.2. The van der Waals surface area contributed by atoms with Gasteiger partial charge < -0.3 is 99.8 Å². The fraction of sp³-hybridized carbons (Fsp3) is 0.209. The number of aliphatic hydroxyl groups excluding tert-OH is 1. The number of ether oxygens (including phenoxy) is 20. The molecule has 4 saturated heterocycles. The van der Waals surface area contributed by atoms with Crippen LogP contribution in [0, 0.1) is 0 Å². The van der Waals surface area contributed by atoms with Gasteiger partial charge in [0.2, 0.25) is 0 Å². The molecule has 0 spiro atoms. The average Bonchev–Trinajstić information content (AvgIpc) is 0.746. The highest BCUT2D eigenvalue weighted by atomic mass is 16.8. The summed E-state index contributed by atoms with van der Waals surface area (Å²) in [5, 5.41) is 12.9. The third-order valence-electron chi connectivity index (χ3n) is 24.1. The first-order chi connectivity index (χ1) is 72.7. The standard InChI is InChI=1S/C115H94O34/c116-99(70-40-14-1-15-41-70)130-66-83-87(138-103(120)74-48-22-5-23-49-74)91(95(112(129)134-83)143-108(125)79-58-32-10-33-59-79)147-114-97(145-110(127)81-62-36-12-37-63-81)93(89(140-105(122)76-52-26-7-27-53-76)85(136-114)68-132-101(118)72-44-18-3-19-45-72)149-115-98(146-111(128)82-64-38-13-39-65-82)94(90(141-106(123)77-54-28-8-29-55-77)86(137-115)69-133-102(119)73-46-20-4-21-47-73)148-113-96(144-109(126)80-60-34-11-35-61-80)92(142-107(124)78-56-30-9-31-57-78)88(139-104(121)75-50-24-6-25-51-75)84(135-113)67-131-100(117)71-42-16-2-17-43-71/h1-65,83-98,112-115,129H,66-69H2/t83-,84+,85-,86+,87-,88+,89+,90+,91+,92-,93+,94+,95-,96+,97-,98+,112-,113+,114-,115+/m1/s1. The van der Waals surface area contributed by atoms with Crippen LogP contribution in [0.25, 0.3) is 0 Å². The Kier molecular flexibility index (Phi) is 34.6. The fourth-order valence-corrected chi connectivity index (χ4v) is 16.7. The minimum Gasteiger partial charge on any atom is -0.459 e. The van der Waals surface area contributed by atoms with Gasteiger partial charge in [-0.3, -0.25) is 0 Å². The predicted octanol–water partition coefficient (Wildman–Crippen LogP) is 14.5. The molecule has 13 aromatic rings. The summed E-state index contributed by atoms with van der Waals surface area (Å²) in [6, 6.07) is 95.0. The van der Waals surface area contributed by atoms with Crippen LogP contribution >= 0.6 is 0 Å². The van der Waals surface area contributed by atoms with Crippen LogP contribution in [-0.2, 0) is 94.7 Å². The van der Waals surface area contributed by atoms with Crippen LogP contribution in [-0.4, -0.2) is 232 Å². The van der Waals surface area contributed by atoms with Crippen molar-refractivity contribution in [1.82, 2.24) is 0 Å². The van der Waals surface area contributed by atoms with Crippen LogP contribution in [0.2, 0.25) is 0 Å². The van der Waals surface area contributed by atoms with E-state index in [-0.39, 0.29) is 72.3 Å². The Morgan fingerprint density at radius 3 is 0.483 bits per heavy atom. The fourth-order valence-electron chi connectivity index (χ4n) is 16.7. The monoisotopic (exact) mass is 2020 g/mol. The molecule has 20 atom stereocenters. The summed E-state index contributed by atoms with van der Waals surface area (Å²) >= 11 is 0. The smallest absolute Gasteiger partial charge is 0.338 e. The lowest BCUT2D eigenvalue weighted by molar-refractivity contribution is -0.386. The van der Waals surface area contributed by atoms with E-state index in [4.69, 9.17) is 94.7 Å². The first kappa shape index (κ1) is 103. The molecular formula is C115H94O34. The Labute approximate surface area is 851 Å². The summed E-state index contributed by atoms with van der Waals surface area (Å²) in [4.78, 5) is 199. The van der Waals surface area contributed by atoms with Gasteiger partial charge in [0, 0.05) is 0 Å². The maximum Gasteiger partial charge on any atom is 0.338 e. The minimum absolute atomic E-state index is 0.00614. The molecule has 0 saturated carbocycles. The van der Waals surface area contributed by atoms with E-state index in [0.717, 1.165) is 0 Å². The number of hydrogen-bond acceptors (Lipinski definition) is 34. The van der Waals surface area contributed by atoms with Gasteiger partial charge in [0.15, 0.2) is 80.1 Å². The Bertz CT molecular complexity index is 6720. The highest BCUT2D eigenvalue weighted by molar-refractivity contribution is 5.96. The number of esters is 13. The van der Waals surface area contributed by atoms with Crippen LogP contribution in [0.3, 0.4) is 0 Å². The summed E-state index contributed by atoms with van der Waals surface area (Å²) in [6.07, 6.45) is -47.0. The number of carbonyl (C=O) groups is 13. The van der Waals surface area contributed by atoms with Crippen molar-refractivity contribution in [2.45, 2.75) is 123 Å². The molecule has 4 aliphatic heterocycles. The van der Waals surface area contributed by atoms with E-state index in [9.17, 15) is 24.3 Å². The second-order valence-corrected chi connectivity index (χ2v) is 34.0. The van der Waals surface area contributed by atoms with Crippen LogP contribution in [0.4, 0.5) is 0 Å². The lowest BCUT2D eigenvalue weighted by Crippen LogP contribution is -2.70. The first-order valence-electron chi connectivity index (χ1n) is 47.2. The van der Waals surface area contributed by atoms with Gasteiger partial charge in [-0.1, -0.05) is 237 Å². The summed E-state index contributed by atoms with van der Waals surface area (Å²) in [5.41, 5.74) is -1.88. The molecule has 0 bridgehead atoms. The number of benzene rings is 13. The van der Waals surface area contributed by atoms with Crippen molar-refractivity contribution in [3.8, 4) is 0 Å². The molecule has 4 fully saturated rings. The molecule has 34 heteroatoms. The molecule has 4 heterocycles. The molecule has 0 radical (unpaired) electrons. The Balaban J connectivity index is 0.901. The number of hydrogen-bond donors (Lipinski definition) is 1. The van der Waals surface area contributed by atoms with Gasteiger partial charge in [0.05, 0.1) is 72.3 Å². The SMILES string of the molecule is O=C(OC[C@@H]1O[C@@H](O[C@H]2[C@@H](OC(=O)c3ccccc3)[C@@H](COC(=O)c3ccccc3)O[C@H](O[C@@H]3[C@@H](OC(=O)c4ccccc4)[C@H](O)O[C@H](COC(=O)c4ccccc4)[C@H]3OC(=O)c3ccccc3)[C@@H]2OC(=O)c2ccccc2)[C@@H](OC(=O)c2ccccc2)[C@@H](O[C@@H]2O[C@@H](COC(=O)c3ccccc3)[C@H](OC(=O)c3ccccc3)[C@@H](OC(=O)c3ccccc3)[C@@H]2OC(=O)c2ccccc2)[C@H]1OC(=O)c1ccccc1)c1ccccc1. The Morgan fingerprint density at radius 2 is 0.295 bits per heavy atom. The van der Waals surface area contributed by atoms with E-state index < -0.39 is 227 Å². The number of rotatable bonds is 36. The maximum absolute atomic E-state index is 16.2. The largest absolute Gasteiger partial charge is 0.459 e. The van der Waals surface area contributed by atoms with Crippen LogP contribution in [0.15, 0.2) is 394 Å². The van der Waals surface area contributed by atoms with Crippen molar-refractivity contribution in [3.05, 3.63) is 467 Å². The normalized spacial score (nSPS) is 23.2. The summed E-state index contributed by atoms with van der Waals surface area (Å²) in [7, 11) is 0. The predicted molar refractivity (Wildman–Crippen MR) is 519 cm³/mol. The highest BCUT2D eigenvalue weighted by Gasteiger charge is 2.63. The van der Waals surface area contributed by atoms with Gasteiger partial charge in [0.1, 0.15) is 69.2 Å². The molecule has 13 aromatic carbocycles. The van der Waals surface area contributed by atoms with Gasteiger partial charge in [0.25, 0.3) is 0 Å². The zero-order chi connectivity index (χ0) is 103.